The maximum absolute atomic E-state index is 6.18. The van der Waals surface area contributed by atoms with E-state index in [1.54, 1.807) is 14.2 Å². The van der Waals surface area contributed by atoms with Crippen molar-refractivity contribution >= 4 is 28.6 Å². The van der Waals surface area contributed by atoms with E-state index in [4.69, 9.17) is 15.2 Å². The number of ether oxygens (including phenoxy) is 2. The molecule has 0 aliphatic carbocycles. The van der Waals surface area contributed by atoms with Crippen LogP contribution in [-0.4, -0.2) is 60.3 Å². The Bertz CT molecular complexity index is 1050. The first-order chi connectivity index (χ1) is 15.1. The Morgan fingerprint density at radius 3 is 2.61 bits per heavy atom. The van der Waals surface area contributed by atoms with Gasteiger partial charge < -0.3 is 30.7 Å². The minimum atomic E-state index is 0.344. The number of fused-ring (bicyclic) bond motifs is 1. The predicted octanol–water partition coefficient (Wildman–Crippen LogP) is 2.74. The number of methoxy groups -OCH3 is 2. The van der Waals surface area contributed by atoms with Crippen LogP contribution in [0.25, 0.3) is 11.0 Å². The van der Waals surface area contributed by atoms with Crippen LogP contribution in [0.3, 0.4) is 0 Å². The molecule has 9 nitrogen and oxygen atoms in total. The highest BCUT2D eigenvalue weighted by Gasteiger charge is 2.18. The van der Waals surface area contributed by atoms with E-state index < -0.39 is 0 Å². The molecule has 0 atom stereocenters. The van der Waals surface area contributed by atoms with Gasteiger partial charge in [0.25, 0.3) is 0 Å². The van der Waals surface area contributed by atoms with Gasteiger partial charge in [0, 0.05) is 24.2 Å². The average molecular weight is 424 g/mol. The first kappa shape index (κ1) is 20.9. The smallest absolute Gasteiger partial charge is 0.226 e. The Hall–Kier alpha value is -3.33. The summed E-state index contributed by atoms with van der Waals surface area (Å²) in [6.07, 6.45) is 2.10. The van der Waals surface area contributed by atoms with E-state index in [1.165, 1.54) is 0 Å². The Morgan fingerprint density at radius 1 is 1.06 bits per heavy atom. The second kappa shape index (κ2) is 9.22. The van der Waals surface area contributed by atoms with Gasteiger partial charge in [-0.2, -0.15) is 9.97 Å². The van der Waals surface area contributed by atoms with E-state index in [9.17, 15) is 0 Å². The van der Waals surface area contributed by atoms with Crippen LogP contribution in [-0.2, 0) is 6.54 Å². The van der Waals surface area contributed by atoms with Gasteiger partial charge in [-0.15, -0.1) is 0 Å². The van der Waals surface area contributed by atoms with E-state index >= 15 is 0 Å². The van der Waals surface area contributed by atoms with Crippen LogP contribution in [0.1, 0.15) is 18.4 Å². The number of hydrogen-bond donors (Lipinski definition) is 3. The molecule has 164 valence electrons. The second-order valence-electron chi connectivity index (χ2n) is 7.75. The molecule has 9 heteroatoms. The highest BCUT2D eigenvalue weighted by Crippen LogP contribution is 2.26. The monoisotopic (exact) mass is 423 g/mol. The van der Waals surface area contributed by atoms with Crippen LogP contribution < -0.4 is 25.8 Å². The van der Waals surface area contributed by atoms with Crippen molar-refractivity contribution in [3.05, 3.63) is 35.9 Å². The number of likely N-dealkylation sites (tertiary alicyclic amines) is 1. The quantitative estimate of drug-likeness (QED) is 0.528. The molecule has 1 aliphatic heterocycles. The minimum absolute atomic E-state index is 0.344. The standard InChI is InChI=1S/C22H29N7O2/c1-29-10-8-15(9-11-29)25-22-27-20(23)17-6-7-19(26-21(17)28-22)24-13-14-4-5-16(30-2)12-18(14)31-3/h4-7,12,15H,8-11,13H2,1-3H3,(H4,23,24,25,26,27,28). The molecule has 31 heavy (non-hydrogen) atoms. The lowest BCUT2D eigenvalue weighted by Gasteiger charge is -2.29. The number of nitrogens with one attached hydrogen (secondary N) is 2. The van der Waals surface area contributed by atoms with E-state index in [-0.39, 0.29) is 0 Å². The molecule has 3 heterocycles. The molecular weight excluding hydrogens is 394 g/mol. The molecule has 0 bridgehead atoms. The number of nitrogens with two attached hydrogens (primary N) is 1. The summed E-state index contributed by atoms with van der Waals surface area (Å²) in [5.74, 6) is 3.16. The summed E-state index contributed by atoms with van der Waals surface area (Å²) in [7, 11) is 5.42. The van der Waals surface area contributed by atoms with Crippen molar-refractivity contribution < 1.29 is 9.47 Å². The molecule has 4 N–H and O–H groups in total. The third-order valence-corrected chi connectivity index (χ3v) is 5.60. The Kier molecular flexibility index (Phi) is 6.22. The molecule has 4 rings (SSSR count). The van der Waals surface area contributed by atoms with Gasteiger partial charge in [-0.1, -0.05) is 0 Å². The van der Waals surface area contributed by atoms with Gasteiger partial charge in [0.05, 0.1) is 19.6 Å². The zero-order chi connectivity index (χ0) is 21.8. The molecule has 0 amide bonds. The molecule has 3 aromatic rings. The molecule has 0 saturated carbocycles. The second-order valence-corrected chi connectivity index (χ2v) is 7.75. The topological polar surface area (TPSA) is 110 Å². The van der Waals surface area contributed by atoms with Crippen molar-refractivity contribution in [2.75, 3.05) is 50.7 Å². The highest BCUT2D eigenvalue weighted by atomic mass is 16.5. The van der Waals surface area contributed by atoms with E-state index in [2.05, 4.69) is 37.5 Å². The molecule has 0 unspecified atom stereocenters. The van der Waals surface area contributed by atoms with E-state index in [1.807, 2.05) is 30.3 Å². The van der Waals surface area contributed by atoms with Gasteiger partial charge in [-0.05, 0) is 57.2 Å². The van der Waals surface area contributed by atoms with Crippen LogP contribution in [0.4, 0.5) is 17.6 Å². The number of nitrogen functional groups attached to an aromatic ring is 1. The van der Waals surface area contributed by atoms with E-state index in [0.29, 0.717) is 35.8 Å². The minimum Gasteiger partial charge on any atom is -0.497 e. The molecule has 0 radical (unpaired) electrons. The zero-order valence-electron chi connectivity index (χ0n) is 18.2. The Labute approximate surface area is 182 Å². The number of piperidine rings is 1. The van der Waals surface area contributed by atoms with Crippen LogP contribution in [0.15, 0.2) is 30.3 Å². The fraction of sp³-hybridized carbons (Fsp3) is 0.409. The normalized spacial score (nSPS) is 15.1. The number of pyridine rings is 1. The Morgan fingerprint density at radius 2 is 1.87 bits per heavy atom. The maximum Gasteiger partial charge on any atom is 0.226 e. The van der Waals surface area contributed by atoms with Gasteiger partial charge in [-0.3, -0.25) is 0 Å². The lowest BCUT2D eigenvalue weighted by molar-refractivity contribution is 0.263. The number of rotatable bonds is 7. The number of anilines is 3. The summed E-state index contributed by atoms with van der Waals surface area (Å²) < 4.78 is 10.7. The van der Waals surface area contributed by atoms with Crippen molar-refractivity contribution in [1.82, 2.24) is 19.9 Å². The Balaban J connectivity index is 1.50. The van der Waals surface area contributed by atoms with Crippen molar-refractivity contribution in [3.8, 4) is 11.5 Å². The van der Waals surface area contributed by atoms with Gasteiger partial charge in [0.1, 0.15) is 23.1 Å². The van der Waals surface area contributed by atoms with Crippen molar-refractivity contribution in [1.29, 1.82) is 0 Å². The number of hydrogen-bond acceptors (Lipinski definition) is 9. The molecule has 1 fully saturated rings. The van der Waals surface area contributed by atoms with Gasteiger partial charge in [0.15, 0.2) is 5.65 Å². The molecule has 1 aromatic carbocycles. The van der Waals surface area contributed by atoms with Crippen LogP contribution in [0.2, 0.25) is 0 Å². The number of benzene rings is 1. The molecule has 1 saturated heterocycles. The van der Waals surface area contributed by atoms with Gasteiger partial charge in [-0.25, -0.2) is 4.98 Å². The van der Waals surface area contributed by atoms with E-state index in [0.717, 1.165) is 48.4 Å². The number of nitrogens with zero attached hydrogens (tertiary/aromatic N) is 4. The first-order valence-electron chi connectivity index (χ1n) is 10.4. The summed E-state index contributed by atoms with van der Waals surface area (Å²) in [6.45, 7) is 2.66. The zero-order valence-corrected chi connectivity index (χ0v) is 18.2. The molecular formula is C22H29N7O2. The average Bonchev–Trinajstić information content (AvgIpc) is 2.79. The third kappa shape index (κ3) is 4.88. The predicted molar refractivity (Wildman–Crippen MR) is 123 cm³/mol. The SMILES string of the molecule is COc1ccc(CNc2ccc3c(N)nc(NC4CCN(C)CC4)nc3n2)c(OC)c1. The summed E-state index contributed by atoms with van der Waals surface area (Å²) in [5.41, 5.74) is 7.74. The van der Waals surface area contributed by atoms with Crippen molar-refractivity contribution in [2.24, 2.45) is 0 Å². The lowest BCUT2D eigenvalue weighted by Crippen LogP contribution is -2.37. The summed E-state index contributed by atoms with van der Waals surface area (Å²) in [4.78, 5) is 16.0. The summed E-state index contributed by atoms with van der Waals surface area (Å²) in [6, 6.07) is 9.85. The van der Waals surface area contributed by atoms with Crippen LogP contribution in [0.5, 0.6) is 11.5 Å². The maximum atomic E-state index is 6.18. The highest BCUT2D eigenvalue weighted by molar-refractivity contribution is 5.87. The molecule has 0 spiro atoms. The van der Waals surface area contributed by atoms with Crippen LogP contribution in [0, 0.1) is 0 Å². The van der Waals surface area contributed by atoms with Gasteiger partial charge in [0.2, 0.25) is 5.95 Å². The van der Waals surface area contributed by atoms with Crippen LogP contribution >= 0.6 is 0 Å². The molecule has 2 aromatic heterocycles. The number of aromatic nitrogens is 3. The summed E-state index contributed by atoms with van der Waals surface area (Å²) >= 11 is 0. The first-order valence-corrected chi connectivity index (χ1v) is 10.4. The van der Waals surface area contributed by atoms with Crippen molar-refractivity contribution in [3.63, 3.8) is 0 Å². The fourth-order valence-electron chi connectivity index (χ4n) is 3.72. The summed E-state index contributed by atoms with van der Waals surface area (Å²) in [5, 5.41) is 7.49. The van der Waals surface area contributed by atoms with Crippen molar-refractivity contribution in [2.45, 2.75) is 25.4 Å². The fourth-order valence-corrected chi connectivity index (χ4v) is 3.72. The molecule has 1 aliphatic rings. The van der Waals surface area contributed by atoms with Gasteiger partial charge >= 0.3 is 0 Å². The third-order valence-electron chi connectivity index (χ3n) is 5.60. The lowest BCUT2D eigenvalue weighted by atomic mass is 10.1. The largest absolute Gasteiger partial charge is 0.497 e.